The Morgan fingerprint density at radius 2 is 2.10 bits per heavy atom. The van der Waals surface area contributed by atoms with Gasteiger partial charge in [-0.05, 0) is 49.4 Å². The normalized spacial score (nSPS) is 63.8. The van der Waals surface area contributed by atoms with Crippen molar-refractivity contribution < 1.29 is 0 Å². The maximum absolute atomic E-state index is 4.19. The smallest absolute Gasteiger partial charge is 0.0493 e. The zero-order valence-corrected chi connectivity index (χ0v) is 6.47. The van der Waals surface area contributed by atoms with Crippen LogP contribution in [0.1, 0.15) is 32.1 Å². The highest BCUT2D eigenvalue weighted by atomic mass is 14.7. The van der Waals surface area contributed by atoms with E-state index in [0.29, 0.717) is 0 Å². The zero-order chi connectivity index (χ0) is 6.77. The van der Waals surface area contributed by atoms with Gasteiger partial charge < -0.3 is 0 Å². The van der Waals surface area contributed by atoms with E-state index in [2.05, 4.69) is 6.92 Å². The molecule has 3 rings (SSSR count). The van der Waals surface area contributed by atoms with Crippen molar-refractivity contribution in [3.05, 3.63) is 6.92 Å². The van der Waals surface area contributed by atoms with E-state index in [0.717, 1.165) is 23.2 Å². The van der Waals surface area contributed by atoms with Crippen LogP contribution in [0.3, 0.4) is 0 Å². The van der Waals surface area contributed by atoms with E-state index in [1.807, 2.05) is 0 Å². The van der Waals surface area contributed by atoms with Crippen LogP contribution in [0.15, 0.2) is 0 Å². The molecule has 0 saturated heterocycles. The molecule has 3 aliphatic rings. The van der Waals surface area contributed by atoms with Crippen molar-refractivity contribution in [1.82, 2.24) is 0 Å². The van der Waals surface area contributed by atoms with E-state index < -0.39 is 0 Å². The van der Waals surface area contributed by atoms with Crippen molar-refractivity contribution in [2.75, 3.05) is 0 Å². The predicted octanol–water partition coefficient (Wildman–Crippen LogP) is 2.65. The molecule has 0 aromatic rings. The highest BCUT2D eigenvalue weighted by molar-refractivity contribution is 5.13. The summed E-state index contributed by atoms with van der Waals surface area (Å²) in [7, 11) is 0. The van der Waals surface area contributed by atoms with Gasteiger partial charge in [0.05, 0.1) is 12.8 Å². The largest absolute Gasteiger partial charge is 0.0961 e. The van der Waals surface area contributed by atoms with Crippen molar-refractivity contribution in [3.63, 3.8) is 0 Å². The molecule has 3 fully saturated rings. The highest BCUT2D eigenvalue weighted by Crippen LogP contribution is 2.72. The lowest BCUT2D eigenvalue weighted by Crippen LogP contribution is -2.53. The summed E-state index contributed by atoms with van der Waals surface area (Å²) in [6, 6.07) is 0. The summed E-state index contributed by atoms with van der Waals surface area (Å²) in [6.07, 6.45) is 7.59. The van der Waals surface area contributed by atoms with E-state index in [-0.39, 0.29) is 0 Å². The van der Waals surface area contributed by atoms with Gasteiger partial charge in [-0.1, -0.05) is 0 Å². The average Bonchev–Trinajstić information content (AvgIpc) is 2.21. The molecule has 10 heavy (non-hydrogen) atoms. The highest BCUT2D eigenvalue weighted by Gasteiger charge is 2.64. The summed E-state index contributed by atoms with van der Waals surface area (Å²) in [4.78, 5) is 0. The molecule has 0 aliphatic heterocycles. The van der Waals surface area contributed by atoms with Gasteiger partial charge in [-0.3, -0.25) is 0 Å². The molecule has 0 radical (unpaired) electrons. The Hall–Kier alpha value is -0.130. The summed E-state index contributed by atoms with van der Waals surface area (Å²) in [5.74, 6) is 3.09. The van der Waals surface area contributed by atoms with Gasteiger partial charge in [0, 0.05) is 0 Å². The molecule has 0 aromatic carbocycles. The van der Waals surface area contributed by atoms with Crippen molar-refractivity contribution in [2.24, 2.45) is 23.2 Å². The first-order valence-electron chi connectivity index (χ1n) is 4.64. The minimum atomic E-state index is 0.815. The van der Waals surface area contributed by atoms with Crippen molar-refractivity contribution in [1.29, 1.82) is 0 Å². The van der Waals surface area contributed by atoms with Crippen LogP contribution in [-0.2, 0) is 0 Å². The standard InChI is InChI=1S/C10H15/c1-7-4-9-5-8-2-3-10(8,9)6-7/h7-9H,1-6H2/q+1. The summed E-state index contributed by atoms with van der Waals surface area (Å²) in [6.45, 7) is 4.19. The molecule has 1 spiro atoms. The predicted molar refractivity (Wildman–Crippen MR) is 41.3 cm³/mol. The Bertz CT molecular complexity index is 173. The quantitative estimate of drug-likeness (QED) is 0.448. The zero-order valence-electron chi connectivity index (χ0n) is 6.47. The first kappa shape index (κ1) is 5.51. The first-order valence-corrected chi connectivity index (χ1v) is 4.64. The molecule has 54 valence electrons. The van der Waals surface area contributed by atoms with Gasteiger partial charge >= 0.3 is 0 Å². The molecule has 0 heteroatoms. The fourth-order valence-corrected chi connectivity index (χ4v) is 3.82. The fourth-order valence-electron chi connectivity index (χ4n) is 3.82. The molecule has 3 saturated carbocycles. The van der Waals surface area contributed by atoms with E-state index in [1.165, 1.54) is 12.8 Å². The number of rotatable bonds is 0. The van der Waals surface area contributed by atoms with Crippen LogP contribution >= 0.6 is 0 Å². The molecule has 4 atom stereocenters. The molecule has 0 amide bonds. The second-order valence-electron chi connectivity index (χ2n) is 4.71. The van der Waals surface area contributed by atoms with E-state index in [9.17, 15) is 0 Å². The summed E-state index contributed by atoms with van der Waals surface area (Å²) >= 11 is 0. The van der Waals surface area contributed by atoms with Crippen LogP contribution in [0.2, 0.25) is 0 Å². The average molecular weight is 135 g/mol. The Morgan fingerprint density at radius 3 is 2.50 bits per heavy atom. The summed E-state index contributed by atoms with van der Waals surface area (Å²) < 4.78 is 0. The van der Waals surface area contributed by atoms with E-state index in [4.69, 9.17) is 0 Å². The van der Waals surface area contributed by atoms with Crippen molar-refractivity contribution >= 4 is 0 Å². The Balaban J connectivity index is 1.89. The monoisotopic (exact) mass is 135 g/mol. The first-order chi connectivity index (χ1) is 4.81. The van der Waals surface area contributed by atoms with Crippen LogP contribution < -0.4 is 0 Å². The lowest BCUT2D eigenvalue weighted by Gasteiger charge is -2.61. The third kappa shape index (κ3) is 0.390. The maximum atomic E-state index is 4.19. The molecule has 4 unspecified atom stereocenters. The number of hydrogen-bond acceptors (Lipinski definition) is 0. The topological polar surface area (TPSA) is 0 Å². The van der Waals surface area contributed by atoms with Gasteiger partial charge in [0.15, 0.2) is 0 Å². The second kappa shape index (κ2) is 1.39. The van der Waals surface area contributed by atoms with Crippen molar-refractivity contribution in [3.8, 4) is 0 Å². The van der Waals surface area contributed by atoms with E-state index >= 15 is 0 Å². The molecular formula is C10H15+. The summed E-state index contributed by atoms with van der Waals surface area (Å²) in [5, 5.41) is 0. The Kier molecular flexibility index (Phi) is 0.767. The van der Waals surface area contributed by atoms with Crippen LogP contribution in [0.4, 0.5) is 0 Å². The van der Waals surface area contributed by atoms with Gasteiger partial charge in [0.1, 0.15) is 0 Å². The third-order valence-corrected chi connectivity index (χ3v) is 4.44. The van der Waals surface area contributed by atoms with Crippen LogP contribution in [0, 0.1) is 30.1 Å². The molecule has 0 N–H and O–H groups in total. The maximum Gasteiger partial charge on any atom is 0.0961 e. The summed E-state index contributed by atoms with van der Waals surface area (Å²) in [5.41, 5.74) is 0.881. The van der Waals surface area contributed by atoms with Crippen LogP contribution in [0.5, 0.6) is 0 Å². The minimum absolute atomic E-state index is 0.815. The SMILES string of the molecule is [CH2+]C1CC2CC3CCC32C1. The van der Waals surface area contributed by atoms with Gasteiger partial charge in [-0.15, -0.1) is 0 Å². The molecule has 3 aliphatic carbocycles. The third-order valence-electron chi connectivity index (χ3n) is 4.44. The molecule has 0 bridgehead atoms. The minimum Gasteiger partial charge on any atom is -0.0493 e. The van der Waals surface area contributed by atoms with Crippen LogP contribution in [-0.4, -0.2) is 0 Å². The second-order valence-corrected chi connectivity index (χ2v) is 4.71. The number of hydrogen-bond donors (Lipinski definition) is 0. The fraction of sp³-hybridized carbons (Fsp3) is 0.900. The Labute approximate surface area is 63.0 Å². The molecular weight excluding hydrogens is 120 g/mol. The molecule has 0 aromatic heterocycles. The lowest BCUT2D eigenvalue weighted by molar-refractivity contribution is -0.119. The van der Waals surface area contributed by atoms with Crippen LogP contribution in [0.25, 0.3) is 0 Å². The Morgan fingerprint density at radius 1 is 1.20 bits per heavy atom. The van der Waals surface area contributed by atoms with Gasteiger partial charge in [-0.25, -0.2) is 0 Å². The van der Waals surface area contributed by atoms with E-state index in [1.54, 1.807) is 19.3 Å². The molecule has 0 heterocycles. The van der Waals surface area contributed by atoms with Crippen molar-refractivity contribution in [2.45, 2.75) is 32.1 Å². The molecule has 0 nitrogen and oxygen atoms in total. The van der Waals surface area contributed by atoms with Gasteiger partial charge in [0.2, 0.25) is 0 Å². The van der Waals surface area contributed by atoms with Gasteiger partial charge in [0.25, 0.3) is 0 Å². The van der Waals surface area contributed by atoms with Gasteiger partial charge in [-0.2, -0.15) is 0 Å². The lowest BCUT2D eigenvalue weighted by atomic mass is 9.43.